The highest BCUT2D eigenvalue weighted by molar-refractivity contribution is 5.86. The molecule has 0 aromatic heterocycles. The van der Waals surface area contributed by atoms with Crippen molar-refractivity contribution in [3.8, 4) is 17.6 Å². The van der Waals surface area contributed by atoms with Gasteiger partial charge >= 0.3 is 0 Å². The van der Waals surface area contributed by atoms with Crippen molar-refractivity contribution >= 4 is 23.6 Å². The Morgan fingerprint density at radius 1 is 0.884 bits per heavy atom. The van der Waals surface area contributed by atoms with Crippen LogP contribution in [0.5, 0.6) is 5.75 Å². The number of phenolic OH excluding ortho intramolecular Hbond substituents is 1. The summed E-state index contributed by atoms with van der Waals surface area (Å²) in [5, 5.41) is 10.7. The number of hydrogen-bond acceptors (Lipinski definition) is 2. The summed E-state index contributed by atoms with van der Waals surface area (Å²) < 4.78 is 0. The van der Waals surface area contributed by atoms with Gasteiger partial charge in [0.2, 0.25) is 0 Å². The number of fused-ring (bicyclic) bond motifs is 2. The van der Waals surface area contributed by atoms with Crippen LogP contribution in [-0.4, -0.2) is 11.3 Å². The molecule has 0 aliphatic heterocycles. The van der Waals surface area contributed by atoms with Gasteiger partial charge < -0.3 is 5.11 Å². The molecule has 43 heavy (non-hydrogen) atoms. The molecule has 0 amide bonds. The summed E-state index contributed by atoms with van der Waals surface area (Å²) in [6.45, 7) is 8.72. The zero-order chi connectivity index (χ0) is 30.0. The van der Waals surface area contributed by atoms with E-state index >= 15 is 0 Å². The maximum Gasteiger partial charge on any atom is 0.128 e. The average Bonchev–Trinajstić information content (AvgIpc) is 3.64. The molecule has 0 bridgehead atoms. The minimum absolute atomic E-state index is 0.0567. The van der Waals surface area contributed by atoms with Gasteiger partial charge in [0, 0.05) is 35.1 Å². The van der Waals surface area contributed by atoms with Crippen molar-refractivity contribution in [2.24, 2.45) is 10.4 Å². The lowest BCUT2D eigenvalue weighted by molar-refractivity contribution is 0.375. The minimum atomic E-state index is -0.136. The summed E-state index contributed by atoms with van der Waals surface area (Å²) in [5.74, 6) is 7.49. The van der Waals surface area contributed by atoms with Crippen molar-refractivity contribution in [3.63, 3.8) is 0 Å². The minimum Gasteiger partial charge on any atom is -0.507 e. The first-order valence-electron chi connectivity index (χ1n) is 15.3. The molecular weight excluding hydrogens is 522 g/mol. The van der Waals surface area contributed by atoms with Gasteiger partial charge in [-0.15, -0.1) is 0 Å². The Hall–Kier alpha value is -4.61. The number of phenols is 1. The van der Waals surface area contributed by atoms with Crippen molar-refractivity contribution in [1.82, 2.24) is 0 Å². The molecule has 0 saturated heterocycles. The van der Waals surface area contributed by atoms with E-state index in [9.17, 15) is 5.11 Å². The van der Waals surface area contributed by atoms with Crippen molar-refractivity contribution in [2.45, 2.75) is 58.3 Å². The van der Waals surface area contributed by atoms with Gasteiger partial charge in [0.1, 0.15) is 5.75 Å². The Kier molecular flexibility index (Phi) is 7.68. The van der Waals surface area contributed by atoms with E-state index in [1.54, 1.807) is 6.21 Å². The molecular formula is C41H39NO. The van der Waals surface area contributed by atoms with E-state index in [0.29, 0.717) is 11.7 Å². The maximum atomic E-state index is 10.7. The van der Waals surface area contributed by atoms with Gasteiger partial charge in [-0.05, 0) is 82.0 Å². The molecule has 1 N–H and O–H groups in total. The number of aromatic hydroxyl groups is 1. The summed E-state index contributed by atoms with van der Waals surface area (Å²) >= 11 is 0. The normalized spacial score (nSPS) is 16.7. The first-order chi connectivity index (χ1) is 20.7. The summed E-state index contributed by atoms with van der Waals surface area (Å²) in [4.78, 5) is 4.61. The first kappa shape index (κ1) is 28.5. The van der Waals surface area contributed by atoms with Gasteiger partial charge in [-0.3, -0.25) is 4.99 Å². The number of rotatable bonds is 6. The van der Waals surface area contributed by atoms with Crippen LogP contribution in [0, 0.1) is 17.3 Å². The van der Waals surface area contributed by atoms with Gasteiger partial charge in [0.15, 0.2) is 0 Å². The van der Waals surface area contributed by atoms with Gasteiger partial charge in [-0.1, -0.05) is 118 Å². The van der Waals surface area contributed by atoms with Crippen LogP contribution in [0.3, 0.4) is 0 Å². The van der Waals surface area contributed by atoms with Crippen LogP contribution < -0.4 is 0 Å². The lowest BCUT2D eigenvalue weighted by Crippen LogP contribution is -2.25. The van der Waals surface area contributed by atoms with E-state index in [0.717, 1.165) is 41.6 Å². The molecule has 2 heteroatoms. The number of para-hydroxylation sites is 1. The monoisotopic (exact) mass is 561 g/mol. The third-order valence-corrected chi connectivity index (χ3v) is 9.03. The lowest BCUT2D eigenvalue weighted by atomic mass is 9.65. The number of allylic oxidation sites excluding steroid dienone is 3. The van der Waals surface area contributed by atoms with Gasteiger partial charge in [0.25, 0.3) is 0 Å². The zero-order valence-corrected chi connectivity index (χ0v) is 25.6. The topological polar surface area (TPSA) is 32.6 Å². The number of benzene rings is 4. The Morgan fingerprint density at radius 2 is 1.65 bits per heavy atom. The highest BCUT2D eigenvalue weighted by Gasteiger charge is 2.41. The fraction of sp³-hybridized carbons (Fsp3) is 0.244. The van der Waals surface area contributed by atoms with Crippen molar-refractivity contribution < 1.29 is 5.11 Å². The molecule has 0 radical (unpaired) electrons. The van der Waals surface area contributed by atoms with Crippen molar-refractivity contribution in [2.75, 3.05) is 0 Å². The number of hydrogen-bond donors (Lipinski definition) is 1. The Morgan fingerprint density at radius 3 is 2.47 bits per heavy atom. The van der Waals surface area contributed by atoms with Crippen LogP contribution in [0.1, 0.15) is 85.4 Å². The standard InChI is InChI=1S/C41H39NO/c1-40(2,3)38-18-11-15-32(39(38)43)28-42-33-23-19-29(20-24-33)12-9-10-27-41(4,36-25-21-30-13-5-7-16-34(30)36)37-26-22-31-14-6-8-17-35(31)37/h5-8,11,13-21,23-26,28,36,43H,10,22,27H2,1-4H3/b42-28+. The van der Waals surface area contributed by atoms with Crippen LogP contribution in [0.15, 0.2) is 108 Å². The first-order valence-corrected chi connectivity index (χ1v) is 15.3. The molecule has 4 aromatic rings. The summed E-state index contributed by atoms with van der Waals surface area (Å²) in [6, 6.07) is 31.5. The second kappa shape index (κ2) is 11.6. The van der Waals surface area contributed by atoms with Gasteiger partial charge in [-0.25, -0.2) is 0 Å². The quantitative estimate of drug-likeness (QED) is 0.184. The highest BCUT2D eigenvalue weighted by atomic mass is 16.3. The molecule has 2 aliphatic carbocycles. The smallest absolute Gasteiger partial charge is 0.128 e. The van der Waals surface area contributed by atoms with E-state index < -0.39 is 0 Å². The van der Waals surface area contributed by atoms with Crippen LogP contribution in [-0.2, 0) is 11.8 Å². The molecule has 2 atom stereocenters. The van der Waals surface area contributed by atoms with Crippen LogP contribution in [0.25, 0.3) is 11.6 Å². The molecule has 2 aliphatic rings. The van der Waals surface area contributed by atoms with Gasteiger partial charge in [-0.2, -0.15) is 0 Å². The van der Waals surface area contributed by atoms with E-state index in [4.69, 9.17) is 0 Å². The fourth-order valence-corrected chi connectivity index (χ4v) is 6.62. The zero-order valence-electron chi connectivity index (χ0n) is 25.6. The SMILES string of the molecule is CC(C)(C)c1cccc(/C=N/c2ccc(C#CCCC(C)(C3=CCc4ccccc43)C3C=Cc4ccccc43)cc2)c1O. The van der Waals surface area contributed by atoms with Gasteiger partial charge in [0.05, 0.1) is 5.69 Å². The van der Waals surface area contributed by atoms with Crippen LogP contribution >= 0.6 is 0 Å². The Labute approximate surface area is 256 Å². The largest absolute Gasteiger partial charge is 0.507 e. The molecule has 0 fully saturated rings. The molecule has 0 heterocycles. The van der Waals surface area contributed by atoms with E-state index in [-0.39, 0.29) is 10.8 Å². The number of nitrogens with zero attached hydrogens (tertiary/aromatic N) is 1. The maximum absolute atomic E-state index is 10.7. The van der Waals surface area contributed by atoms with E-state index in [1.165, 1.54) is 27.8 Å². The summed E-state index contributed by atoms with van der Waals surface area (Å²) in [5.41, 5.74) is 10.3. The summed E-state index contributed by atoms with van der Waals surface area (Å²) in [7, 11) is 0. The second-order valence-corrected chi connectivity index (χ2v) is 13.0. The predicted molar refractivity (Wildman–Crippen MR) is 181 cm³/mol. The third kappa shape index (κ3) is 5.73. The van der Waals surface area contributed by atoms with Crippen molar-refractivity contribution in [3.05, 3.63) is 142 Å². The Balaban J connectivity index is 1.18. The molecule has 6 rings (SSSR count). The molecule has 4 aromatic carbocycles. The van der Waals surface area contributed by atoms with Crippen LogP contribution in [0.4, 0.5) is 5.69 Å². The van der Waals surface area contributed by atoms with Crippen molar-refractivity contribution in [1.29, 1.82) is 0 Å². The lowest BCUT2D eigenvalue weighted by Gasteiger charge is -2.37. The van der Waals surface area contributed by atoms with E-state index in [2.05, 4.69) is 111 Å². The molecule has 2 unspecified atom stereocenters. The molecule has 0 spiro atoms. The summed E-state index contributed by atoms with van der Waals surface area (Å²) in [6.07, 6.45) is 11.7. The Bertz CT molecular complexity index is 1800. The predicted octanol–water partition coefficient (Wildman–Crippen LogP) is 10.0. The third-order valence-electron chi connectivity index (χ3n) is 9.03. The fourth-order valence-electron chi connectivity index (χ4n) is 6.62. The number of aliphatic imine (C=N–C) groups is 1. The average molecular weight is 562 g/mol. The molecule has 0 saturated carbocycles. The second-order valence-electron chi connectivity index (χ2n) is 13.0. The highest BCUT2D eigenvalue weighted by Crippen LogP contribution is 2.55. The molecule has 214 valence electrons. The van der Waals surface area contributed by atoms with Crippen LogP contribution in [0.2, 0.25) is 0 Å². The molecule has 2 nitrogen and oxygen atoms in total. The van der Waals surface area contributed by atoms with E-state index in [1.807, 2.05) is 42.5 Å².